The van der Waals surface area contributed by atoms with Crippen LogP contribution in [0.2, 0.25) is 0 Å². The Morgan fingerprint density at radius 3 is 2.05 bits per heavy atom. The topological polar surface area (TPSA) is 96.2 Å². The highest BCUT2D eigenvalue weighted by molar-refractivity contribution is 5.74. The van der Waals surface area contributed by atoms with E-state index < -0.39 is 12.5 Å². The molecule has 0 radical (unpaired) electrons. The second kappa shape index (κ2) is 14.3. The number of rotatable bonds is 10. The Balaban J connectivity index is 1.39. The SMILES string of the molecule is CCC(O)C1CCC(C(=O)OC2=CC=C(OC(O)C3CCC(C(O)CC)CC3)CC2C2=CCC(F)CC2)CC1. The van der Waals surface area contributed by atoms with E-state index in [0.29, 0.717) is 43.1 Å². The molecule has 220 valence electrons. The van der Waals surface area contributed by atoms with Gasteiger partial charge in [0.15, 0.2) is 6.29 Å². The second-order valence-corrected chi connectivity index (χ2v) is 12.3. The predicted octanol–water partition coefficient (Wildman–Crippen LogP) is 6.26. The summed E-state index contributed by atoms with van der Waals surface area (Å²) in [6.45, 7) is 3.98. The summed E-state index contributed by atoms with van der Waals surface area (Å²) in [6, 6.07) is 0. The molecule has 0 aromatic rings. The highest BCUT2D eigenvalue weighted by atomic mass is 19.1. The van der Waals surface area contributed by atoms with Crippen LogP contribution in [0.15, 0.2) is 35.3 Å². The van der Waals surface area contributed by atoms with E-state index in [2.05, 4.69) is 0 Å². The molecular formula is C32H49FO6. The van der Waals surface area contributed by atoms with Gasteiger partial charge in [-0.3, -0.25) is 4.79 Å². The third-order valence-electron chi connectivity index (χ3n) is 9.75. The van der Waals surface area contributed by atoms with Crippen LogP contribution in [0.3, 0.4) is 0 Å². The maximum Gasteiger partial charge on any atom is 0.314 e. The Labute approximate surface area is 233 Å². The number of alkyl halides is 1. The summed E-state index contributed by atoms with van der Waals surface area (Å²) >= 11 is 0. The zero-order valence-corrected chi connectivity index (χ0v) is 23.8. The number of carbonyl (C=O) groups excluding carboxylic acids is 1. The molecule has 4 aliphatic rings. The number of aliphatic hydroxyl groups is 3. The number of hydrogen-bond acceptors (Lipinski definition) is 6. The van der Waals surface area contributed by atoms with Crippen molar-refractivity contribution in [3.63, 3.8) is 0 Å². The van der Waals surface area contributed by atoms with Gasteiger partial charge in [0.1, 0.15) is 17.7 Å². The van der Waals surface area contributed by atoms with Gasteiger partial charge < -0.3 is 24.8 Å². The van der Waals surface area contributed by atoms with Crippen LogP contribution in [0.4, 0.5) is 4.39 Å². The molecule has 0 heterocycles. The molecule has 2 saturated carbocycles. The molecule has 0 saturated heterocycles. The van der Waals surface area contributed by atoms with Gasteiger partial charge in [-0.2, -0.15) is 0 Å². The van der Waals surface area contributed by atoms with Gasteiger partial charge in [0, 0.05) is 18.3 Å². The summed E-state index contributed by atoms with van der Waals surface area (Å²) in [6.07, 6.45) is 13.1. The monoisotopic (exact) mass is 548 g/mol. The summed E-state index contributed by atoms with van der Waals surface area (Å²) in [5.74, 6) is 1.20. The summed E-state index contributed by atoms with van der Waals surface area (Å²) in [4.78, 5) is 13.1. The number of ether oxygens (including phenoxy) is 2. The van der Waals surface area contributed by atoms with Gasteiger partial charge >= 0.3 is 5.97 Å². The molecular weight excluding hydrogens is 499 g/mol. The first kappa shape index (κ1) is 30.3. The normalized spacial score (nSPS) is 34.2. The molecule has 6 nitrogen and oxygen atoms in total. The zero-order valence-electron chi connectivity index (χ0n) is 23.8. The van der Waals surface area contributed by atoms with Crippen LogP contribution >= 0.6 is 0 Å². The van der Waals surface area contributed by atoms with Crippen molar-refractivity contribution in [1.82, 2.24) is 0 Å². The van der Waals surface area contributed by atoms with Crippen molar-refractivity contribution in [2.75, 3.05) is 0 Å². The van der Waals surface area contributed by atoms with Crippen LogP contribution in [0.5, 0.6) is 0 Å². The van der Waals surface area contributed by atoms with E-state index in [9.17, 15) is 24.5 Å². The van der Waals surface area contributed by atoms with Crippen molar-refractivity contribution in [3.8, 4) is 0 Å². The number of esters is 1. The van der Waals surface area contributed by atoms with Crippen LogP contribution < -0.4 is 0 Å². The fourth-order valence-electron chi connectivity index (χ4n) is 6.98. The van der Waals surface area contributed by atoms with E-state index >= 15 is 0 Å². The molecule has 0 aliphatic heterocycles. The Bertz CT molecular complexity index is 896. The molecule has 3 N–H and O–H groups in total. The molecule has 7 heteroatoms. The molecule has 0 aromatic carbocycles. The molecule has 4 aliphatic carbocycles. The second-order valence-electron chi connectivity index (χ2n) is 12.3. The maximum atomic E-state index is 13.9. The first-order chi connectivity index (χ1) is 18.8. The lowest BCUT2D eigenvalue weighted by Crippen LogP contribution is -2.32. The van der Waals surface area contributed by atoms with E-state index in [1.807, 2.05) is 19.9 Å². The fraction of sp³-hybridized carbons (Fsp3) is 0.781. The molecule has 2 fully saturated rings. The van der Waals surface area contributed by atoms with Crippen molar-refractivity contribution in [2.45, 2.75) is 128 Å². The van der Waals surface area contributed by atoms with E-state index in [-0.39, 0.29) is 41.8 Å². The minimum atomic E-state index is -0.918. The van der Waals surface area contributed by atoms with Crippen LogP contribution in [-0.4, -0.2) is 46.0 Å². The highest BCUT2D eigenvalue weighted by Crippen LogP contribution is 2.41. The van der Waals surface area contributed by atoms with E-state index in [1.54, 1.807) is 12.2 Å². The van der Waals surface area contributed by atoms with Crippen molar-refractivity contribution >= 4 is 5.97 Å². The van der Waals surface area contributed by atoms with Gasteiger partial charge in [0.05, 0.1) is 18.1 Å². The van der Waals surface area contributed by atoms with Gasteiger partial charge in [-0.1, -0.05) is 25.5 Å². The predicted molar refractivity (Wildman–Crippen MR) is 148 cm³/mol. The molecule has 5 unspecified atom stereocenters. The Hall–Kier alpha value is -1.70. The average Bonchev–Trinajstić information content (AvgIpc) is 2.97. The Morgan fingerprint density at radius 2 is 1.49 bits per heavy atom. The quantitative estimate of drug-likeness (QED) is 0.170. The van der Waals surface area contributed by atoms with E-state index in [1.165, 1.54) is 0 Å². The van der Waals surface area contributed by atoms with Crippen molar-refractivity contribution in [2.24, 2.45) is 29.6 Å². The molecule has 0 bridgehead atoms. The van der Waals surface area contributed by atoms with Crippen molar-refractivity contribution < 1.29 is 34.0 Å². The lowest BCUT2D eigenvalue weighted by atomic mass is 9.78. The minimum Gasteiger partial charge on any atom is -0.469 e. The summed E-state index contributed by atoms with van der Waals surface area (Å²) < 4.78 is 25.9. The lowest BCUT2D eigenvalue weighted by Gasteiger charge is -2.35. The molecule has 4 rings (SSSR count). The lowest BCUT2D eigenvalue weighted by molar-refractivity contribution is -0.147. The molecule has 39 heavy (non-hydrogen) atoms. The third kappa shape index (κ3) is 7.95. The number of allylic oxidation sites excluding steroid dienone is 5. The zero-order chi connectivity index (χ0) is 27.9. The smallest absolute Gasteiger partial charge is 0.314 e. The van der Waals surface area contributed by atoms with E-state index in [0.717, 1.165) is 69.8 Å². The van der Waals surface area contributed by atoms with Crippen LogP contribution in [0.1, 0.15) is 104 Å². The number of halogens is 1. The fourth-order valence-corrected chi connectivity index (χ4v) is 6.98. The van der Waals surface area contributed by atoms with E-state index in [4.69, 9.17) is 9.47 Å². The van der Waals surface area contributed by atoms with Crippen LogP contribution in [0, 0.1) is 29.6 Å². The van der Waals surface area contributed by atoms with Crippen molar-refractivity contribution in [1.29, 1.82) is 0 Å². The third-order valence-corrected chi connectivity index (χ3v) is 9.75. The summed E-state index contributed by atoms with van der Waals surface area (Å²) in [5.41, 5.74) is 1.07. The maximum absolute atomic E-state index is 13.9. The first-order valence-electron chi connectivity index (χ1n) is 15.4. The summed E-state index contributed by atoms with van der Waals surface area (Å²) in [5, 5.41) is 31.2. The Morgan fingerprint density at radius 1 is 0.897 bits per heavy atom. The molecule has 0 amide bonds. The van der Waals surface area contributed by atoms with Crippen LogP contribution in [0.25, 0.3) is 0 Å². The van der Waals surface area contributed by atoms with Gasteiger partial charge in [-0.15, -0.1) is 0 Å². The van der Waals surface area contributed by atoms with Gasteiger partial charge in [0.2, 0.25) is 0 Å². The van der Waals surface area contributed by atoms with Gasteiger partial charge in [-0.25, -0.2) is 4.39 Å². The number of aliphatic hydroxyl groups excluding tert-OH is 3. The van der Waals surface area contributed by atoms with Gasteiger partial charge in [0.25, 0.3) is 0 Å². The van der Waals surface area contributed by atoms with Crippen LogP contribution in [-0.2, 0) is 14.3 Å². The molecule has 5 atom stereocenters. The minimum absolute atomic E-state index is 0.0235. The number of hydrogen-bond donors (Lipinski definition) is 3. The summed E-state index contributed by atoms with van der Waals surface area (Å²) in [7, 11) is 0. The standard InChI is InChI=1S/C32H49FO6/c1-3-28(34)21-5-9-23(10-6-21)31(36)38-26-17-18-30(27(19-26)20-13-15-25(33)16-14-20)39-32(37)24-11-7-22(8-12-24)29(35)4-2/h13,17-18,21-25,27-29,31,34-36H,3-12,14-16,19H2,1-2H3. The first-order valence-corrected chi connectivity index (χ1v) is 15.4. The van der Waals surface area contributed by atoms with Crippen molar-refractivity contribution in [3.05, 3.63) is 35.3 Å². The average molecular weight is 549 g/mol. The van der Waals surface area contributed by atoms with Gasteiger partial charge in [-0.05, 0) is 107 Å². The highest BCUT2D eigenvalue weighted by Gasteiger charge is 2.35. The molecule has 0 aromatic heterocycles. The molecule has 0 spiro atoms. The largest absolute Gasteiger partial charge is 0.469 e. The number of carbonyl (C=O) groups is 1. The Kier molecular flexibility index (Phi) is 11.1.